The van der Waals surface area contributed by atoms with Gasteiger partial charge in [0.25, 0.3) is 5.91 Å². The number of aromatic nitrogens is 1. The molecule has 0 atom stereocenters. The molecule has 0 bridgehead atoms. The highest BCUT2D eigenvalue weighted by molar-refractivity contribution is 5.96. The van der Waals surface area contributed by atoms with Gasteiger partial charge in [0.2, 0.25) is 0 Å². The molecule has 28 heavy (non-hydrogen) atoms. The van der Waals surface area contributed by atoms with Crippen molar-refractivity contribution in [2.24, 2.45) is 0 Å². The molecule has 0 saturated heterocycles. The summed E-state index contributed by atoms with van der Waals surface area (Å²) in [5.41, 5.74) is 1.82. The van der Waals surface area contributed by atoms with Gasteiger partial charge in [-0.05, 0) is 44.0 Å². The molecule has 1 N–H and O–H groups in total. The first kappa shape index (κ1) is 19.7. The summed E-state index contributed by atoms with van der Waals surface area (Å²) < 4.78 is 41.7. The summed E-state index contributed by atoms with van der Waals surface area (Å²) in [5, 5.41) is 2.85. The molecule has 0 spiro atoms. The number of rotatable bonds is 5. The first-order chi connectivity index (χ1) is 13.3. The number of benzene rings is 2. The van der Waals surface area contributed by atoms with Crippen LogP contribution in [0.25, 0.3) is 5.69 Å². The maximum atomic E-state index is 13.4. The van der Waals surface area contributed by atoms with Crippen LogP contribution in [0.3, 0.4) is 0 Å². The average molecular weight is 386 g/mol. The minimum Gasteiger partial charge on any atom is -0.352 e. The maximum absolute atomic E-state index is 13.4. The van der Waals surface area contributed by atoms with Crippen molar-refractivity contribution in [3.8, 4) is 5.69 Å². The van der Waals surface area contributed by atoms with Gasteiger partial charge in [-0.15, -0.1) is 0 Å². The topological polar surface area (TPSA) is 34.0 Å². The zero-order valence-corrected chi connectivity index (χ0v) is 15.7. The summed E-state index contributed by atoms with van der Waals surface area (Å²) in [6.07, 6.45) is -3.79. The van der Waals surface area contributed by atoms with Crippen molar-refractivity contribution in [3.05, 3.63) is 88.7 Å². The van der Waals surface area contributed by atoms with Crippen molar-refractivity contribution in [3.63, 3.8) is 0 Å². The van der Waals surface area contributed by atoms with Crippen LogP contribution >= 0.6 is 0 Å². The van der Waals surface area contributed by atoms with Crippen LogP contribution in [0, 0.1) is 13.8 Å². The third-order valence-corrected chi connectivity index (χ3v) is 4.67. The fourth-order valence-electron chi connectivity index (χ4n) is 3.33. The van der Waals surface area contributed by atoms with Crippen LogP contribution in [0.15, 0.2) is 60.7 Å². The normalized spacial score (nSPS) is 11.5. The lowest BCUT2D eigenvalue weighted by molar-refractivity contribution is -0.137. The van der Waals surface area contributed by atoms with Gasteiger partial charge >= 0.3 is 6.18 Å². The number of nitrogens with one attached hydrogen (secondary N) is 1. The van der Waals surface area contributed by atoms with E-state index in [0.29, 0.717) is 29.9 Å². The van der Waals surface area contributed by atoms with E-state index in [9.17, 15) is 18.0 Å². The van der Waals surface area contributed by atoms with Crippen molar-refractivity contribution < 1.29 is 18.0 Å². The van der Waals surface area contributed by atoms with Crippen molar-refractivity contribution >= 4 is 5.91 Å². The number of carbonyl (C=O) groups is 1. The number of hydrogen-bond acceptors (Lipinski definition) is 1. The largest absolute Gasteiger partial charge is 0.418 e. The van der Waals surface area contributed by atoms with Gasteiger partial charge in [-0.25, -0.2) is 0 Å². The number of amides is 1. The average Bonchev–Trinajstić information content (AvgIpc) is 2.96. The van der Waals surface area contributed by atoms with E-state index in [1.54, 1.807) is 26.0 Å². The molecule has 2 aromatic carbocycles. The van der Waals surface area contributed by atoms with Crippen LogP contribution in [-0.4, -0.2) is 17.0 Å². The minimum atomic E-state index is -4.47. The lowest BCUT2D eigenvalue weighted by atomic mass is 10.1. The van der Waals surface area contributed by atoms with E-state index in [0.717, 1.165) is 11.6 Å². The van der Waals surface area contributed by atoms with E-state index in [-0.39, 0.29) is 11.6 Å². The second kappa shape index (κ2) is 7.92. The highest BCUT2D eigenvalue weighted by atomic mass is 19.4. The standard InChI is InChI=1S/C22H21F3N2O/c1-15-14-18(21(28)26-13-12-17-8-4-3-5-9-17)16(2)27(15)20-11-7-6-10-19(20)22(23,24)25/h3-11,14H,12-13H2,1-2H3,(H,26,28). The Bertz CT molecular complexity index is 975. The molecule has 0 radical (unpaired) electrons. The second-order valence-corrected chi connectivity index (χ2v) is 6.63. The molecular weight excluding hydrogens is 365 g/mol. The van der Waals surface area contributed by atoms with Crippen LogP contribution < -0.4 is 5.32 Å². The summed E-state index contributed by atoms with van der Waals surface area (Å²) >= 11 is 0. The summed E-state index contributed by atoms with van der Waals surface area (Å²) in [7, 11) is 0. The molecule has 1 aromatic heterocycles. The highest BCUT2D eigenvalue weighted by Crippen LogP contribution is 2.35. The predicted octanol–water partition coefficient (Wildman–Crippen LogP) is 5.09. The van der Waals surface area contributed by atoms with Crippen molar-refractivity contribution in [2.75, 3.05) is 6.54 Å². The lowest BCUT2D eigenvalue weighted by Crippen LogP contribution is -2.26. The Kier molecular flexibility index (Phi) is 5.58. The molecule has 0 unspecified atom stereocenters. The van der Waals surface area contributed by atoms with E-state index >= 15 is 0 Å². The monoisotopic (exact) mass is 386 g/mol. The Morgan fingerprint density at radius 3 is 2.32 bits per heavy atom. The number of hydrogen-bond donors (Lipinski definition) is 1. The Hall–Kier alpha value is -3.02. The number of carbonyl (C=O) groups excluding carboxylic acids is 1. The molecule has 3 aromatic rings. The number of aryl methyl sites for hydroxylation is 1. The molecule has 1 heterocycles. The van der Waals surface area contributed by atoms with Gasteiger partial charge < -0.3 is 9.88 Å². The van der Waals surface area contributed by atoms with Gasteiger partial charge in [0, 0.05) is 17.9 Å². The maximum Gasteiger partial charge on any atom is 0.418 e. The Labute approximate surface area is 161 Å². The van der Waals surface area contributed by atoms with Gasteiger partial charge in [-0.2, -0.15) is 13.2 Å². The third-order valence-electron chi connectivity index (χ3n) is 4.67. The van der Waals surface area contributed by atoms with E-state index in [1.165, 1.54) is 16.7 Å². The summed E-state index contributed by atoms with van der Waals surface area (Å²) in [4.78, 5) is 12.6. The molecule has 0 fully saturated rings. The molecule has 146 valence electrons. The quantitative estimate of drug-likeness (QED) is 0.652. The SMILES string of the molecule is Cc1cc(C(=O)NCCc2ccccc2)c(C)n1-c1ccccc1C(F)(F)F. The Balaban J connectivity index is 1.84. The fraction of sp³-hybridized carbons (Fsp3) is 0.227. The first-order valence-corrected chi connectivity index (χ1v) is 8.96. The zero-order chi connectivity index (χ0) is 20.3. The molecular formula is C22H21F3N2O. The molecule has 0 saturated carbocycles. The molecule has 3 rings (SSSR count). The third kappa shape index (κ3) is 4.11. The molecule has 0 aliphatic carbocycles. The molecule has 3 nitrogen and oxygen atoms in total. The lowest BCUT2D eigenvalue weighted by Gasteiger charge is -2.16. The van der Waals surface area contributed by atoms with Crippen molar-refractivity contribution in [1.82, 2.24) is 9.88 Å². The summed E-state index contributed by atoms with van der Waals surface area (Å²) in [6, 6.07) is 16.8. The molecule has 1 amide bonds. The van der Waals surface area contributed by atoms with Crippen LogP contribution in [-0.2, 0) is 12.6 Å². The van der Waals surface area contributed by atoms with Gasteiger partial charge in [-0.1, -0.05) is 42.5 Å². The Morgan fingerprint density at radius 1 is 1.00 bits per heavy atom. The minimum absolute atomic E-state index is 0.0216. The van der Waals surface area contributed by atoms with E-state index in [4.69, 9.17) is 0 Å². The van der Waals surface area contributed by atoms with Gasteiger partial charge in [0.05, 0.1) is 16.8 Å². The van der Waals surface area contributed by atoms with Crippen LogP contribution in [0.2, 0.25) is 0 Å². The van der Waals surface area contributed by atoms with Gasteiger partial charge in [0.15, 0.2) is 0 Å². The molecule has 0 aliphatic heterocycles. The molecule has 0 aliphatic rings. The molecule has 6 heteroatoms. The number of para-hydroxylation sites is 1. The Morgan fingerprint density at radius 2 is 1.64 bits per heavy atom. The smallest absolute Gasteiger partial charge is 0.352 e. The predicted molar refractivity (Wildman–Crippen MR) is 103 cm³/mol. The summed E-state index contributed by atoms with van der Waals surface area (Å²) in [5.74, 6) is -0.292. The van der Waals surface area contributed by atoms with Gasteiger partial charge in [-0.3, -0.25) is 4.79 Å². The van der Waals surface area contributed by atoms with Gasteiger partial charge in [0.1, 0.15) is 0 Å². The van der Waals surface area contributed by atoms with Crippen molar-refractivity contribution in [1.29, 1.82) is 0 Å². The van der Waals surface area contributed by atoms with E-state index in [2.05, 4.69) is 5.32 Å². The van der Waals surface area contributed by atoms with E-state index < -0.39 is 11.7 Å². The van der Waals surface area contributed by atoms with Crippen LogP contribution in [0.5, 0.6) is 0 Å². The van der Waals surface area contributed by atoms with Crippen molar-refractivity contribution in [2.45, 2.75) is 26.4 Å². The number of nitrogens with zero attached hydrogens (tertiary/aromatic N) is 1. The zero-order valence-electron chi connectivity index (χ0n) is 15.7. The summed E-state index contributed by atoms with van der Waals surface area (Å²) in [6.45, 7) is 3.80. The first-order valence-electron chi connectivity index (χ1n) is 8.96. The van der Waals surface area contributed by atoms with Crippen LogP contribution in [0.1, 0.15) is 32.9 Å². The number of halogens is 3. The van der Waals surface area contributed by atoms with E-state index in [1.807, 2.05) is 30.3 Å². The second-order valence-electron chi connectivity index (χ2n) is 6.63. The highest BCUT2D eigenvalue weighted by Gasteiger charge is 2.34. The van der Waals surface area contributed by atoms with Crippen LogP contribution in [0.4, 0.5) is 13.2 Å². The number of alkyl halides is 3. The fourth-order valence-corrected chi connectivity index (χ4v) is 3.33.